The molecule has 0 saturated carbocycles. The van der Waals surface area contributed by atoms with Crippen molar-refractivity contribution in [2.45, 2.75) is 24.7 Å². The van der Waals surface area contributed by atoms with Gasteiger partial charge < -0.3 is 10.1 Å². The molecule has 2 aromatic carbocycles. The van der Waals surface area contributed by atoms with Crippen molar-refractivity contribution < 1.29 is 22.7 Å². The van der Waals surface area contributed by atoms with Crippen LogP contribution in [-0.4, -0.2) is 43.1 Å². The third-order valence-electron chi connectivity index (χ3n) is 6.50. The lowest BCUT2D eigenvalue weighted by Gasteiger charge is -2.18. The Morgan fingerprint density at radius 1 is 1.14 bits per heavy atom. The minimum atomic E-state index is -4.42. The van der Waals surface area contributed by atoms with Gasteiger partial charge in [0.25, 0.3) is 5.91 Å². The van der Waals surface area contributed by atoms with Gasteiger partial charge in [-0.3, -0.25) is 19.1 Å². The van der Waals surface area contributed by atoms with E-state index in [0.29, 0.717) is 29.9 Å². The summed E-state index contributed by atoms with van der Waals surface area (Å²) >= 11 is 0. The highest BCUT2D eigenvalue weighted by molar-refractivity contribution is 6.10. The molecule has 5 aromatic rings. The van der Waals surface area contributed by atoms with E-state index in [1.807, 2.05) is 12.3 Å². The summed E-state index contributed by atoms with van der Waals surface area (Å²) in [5, 5.41) is 16.0. The number of nitrogens with one attached hydrogen (secondary N) is 2. The average Bonchev–Trinajstić information content (AvgIpc) is 3.63. The van der Waals surface area contributed by atoms with Crippen LogP contribution in [0.4, 0.5) is 13.2 Å². The van der Waals surface area contributed by atoms with Crippen molar-refractivity contribution in [3.63, 3.8) is 0 Å². The number of rotatable bonds is 4. The predicted molar refractivity (Wildman–Crippen MR) is 126 cm³/mol. The van der Waals surface area contributed by atoms with Crippen molar-refractivity contribution in [1.82, 2.24) is 29.9 Å². The summed E-state index contributed by atoms with van der Waals surface area (Å²) in [6.07, 6.45) is -0.565. The maximum Gasteiger partial charge on any atom is 0.416 e. The standard InChI is InChI=1S/C25H21F3N6O2/c1-33-13-18-17-12-14(24(35)30-19-9-11-36-22(19)20-8-10-29-31-20)2-7-21(17)34(23(18)32-33)16-5-3-15(4-6-16)25(26,27)28/h2-8,10,12-13,19,22H,9,11H2,1H3,(H,29,31)(H,30,35)/t19-,22-/m1/s1. The largest absolute Gasteiger partial charge is 0.416 e. The van der Waals surface area contributed by atoms with Crippen LogP contribution < -0.4 is 5.32 Å². The molecule has 4 heterocycles. The maximum absolute atomic E-state index is 13.2. The fourth-order valence-electron chi connectivity index (χ4n) is 4.82. The van der Waals surface area contributed by atoms with E-state index in [9.17, 15) is 18.0 Å². The molecule has 1 aliphatic heterocycles. The molecule has 1 saturated heterocycles. The van der Waals surface area contributed by atoms with Gasteiger partial charge >= 0.3 is 6.18 Å². The number of fused-ring (bicyclic) bond motifs is 3. The number of amides is 1. The molecule has 0 bridgehead atoms. The lowest BCUT2D eigenvalue weighted by atomic mass is 10.1. The summed E-state index contributed by atoms with van der Waals surface area (Å²) in [6, 6.07) is 11.9. The maximum atomic E-state index is 13.2. The molecule has 8 nitrogen and oxygen atoms in total. The first-order chi connectivity index (χ1) is 17.3. The van der Waals surface area contributed by atoms with E-state index in [1.54, 1.807) is 40.7 Å². The Hall–Kier alpha value is -4.12. The van der Waals surface area contributed by atoms with Gasteiger partial charge in [0.1, 0.15) is 6.10 Å². The Labute approximate surface area is 202 Å². The third kappa shape index (κ3) is 3.72. The van der Waals surface area contributed by atoms with Crippen LogP contribution in [-0.2, 0) is 18.0 Å². The van der Waals surface area contributed by atoms with Gasteiger partial charge in [0.2, 0.25) is 0 Å². The summed E-state index contributed by atoms with van der Waals surface area (Å²) < 4.78 is 48.4. The summed E-state index contributed by atoms with van der Waals surface area (Å²) in [4.78, 5) is 13.2. The number of carbonyl (C=O) groups excluding carboxylic acids is 1. The van der Waals surface area contributed by atoms with Gasteiger partial charge in [0.15, 0.2) is 5.65 Å². The summed E-state index contributed by atoms with van der Waals surface area (Å²) in [7, 11) is 1.77. The first kappa shape index (κ1) is 22.4. The van der Waals surface area contributed by atoms with Gasteiger partial charge in [-0.05, 0) is 55.0 Å². The third-order valence-corrected chi connectivity index (χ3v) is 6.50. The normalized spacial score (nSPS) is 18.3. The Balaban J connectivity index is 1.37. The Bertz CT molecular complexity index is 1570. The van der Waals surface area contributed by atoms with E-state index in [4.69, 9.17) is 4.74 Å². The monoisotopic (exact) mass is 494 g/mol. The van der Waals surface area contributed by atoms with E-state index < -0.39 is 11.7 Å². The van der Waals surface area contributed by atoms with Gasteiger partial charge in [0, 0.05) is 48.1 Å². The van der Waals surface area contributed by atoms with E-state index in [0.717, 1.165) is 34.1 Å². The molecule has 0 spiro atoms. The highest BCUT2D eigenvalue weighted by Gasteiger charge is 2.32. The SMILES string of the molecule is Cn1cc2c3cc(C(=O)N[C@@H]4CCO[C@H]4c4ccn[nH]4)ccc3n(-c3ccc(C(F)(F)F)cc3)c2n1. The van der Waals surface area contributed by atoms with Crippen molar-refractivity contribution in [2.24, 2.45) is 7.05 Å². The van der Waals surface area contributed by atoms with Crippen molar-refractivity contribution in [2.75, 3.05) is 6.61 Å². The van der Waals surface area contributed by atoms with E-state index >= 15 is 0 Å². The highest BCUT2D eigenvalue weighted by atomic mass is 19.4. The zero-order valence-corrected chi connectivity index (χ0v) is 19.1. The topological polar surface area (TPSA) is 89.8 Å². The first-order valence-electron chi connectivity index (χ1n) is 11.4. The zero-order chi connectivity index (χ0) is 25.0. The number of hydrogen-bond acceptors (Lipinski definition) is 4. The quantitative estimate of drug-likeness (QED) is 0.385. The predicted octanol–water partition coefficient (Wildman–Crippen LogP) is 4.52. The second-order valence-corrected chi connectivity index (χ2v) is 8.82. The number of benzene rings is 2. The van der Waals surface area contributed by atoms with Crippen molar-refractivity contribution in [3.05, 3.63) is 77.7 Å². The number of halogens is 3. The second kappa shape index (κ2) is 8.23. The second-order valence-electron chi connectivity index (χ2n) is 8.82. The molecule has 3 aromatic heterocycles. The molecule has 36 heavy (non-hydrogen) atoms. The lowest BCUT2D eigenvalue weighted by Crippen LogP contribution is -2.36. The van der Waals surface area contributed by atoms with Gasteiger partial charge in [-0.25, -0.2) is 0 Å². The van der Waals surface area contributed by atoms with Crippen molar-refractivity contribution >= 4 is 27.8 Å². The van der Waals surface area contributed by atoms with Gasteiger partial charge in [0.05, 0.1) is 22.8 Å². The number of carbonyl (C=O) groups is 1. The van der Waals surface area contributed by atoms with Crippen LogP contribution in [0.5, 0.6) is 0 Å². The van der Waals surface area contributed by atoms with Gasteiger partial charge in [-0.2, -0.15) is 23.4 Å². The van der Waals surface area contributed by atoms with Crippen LogP contribution in [0.25, 0.3) is 27.6 Å². The number of H-pyrrole nitrogens is 1. The number of alkyl halides is 3. The average molecular weight is 494 g/mol. The van der Waals surface area contributed by atoms with Crippen LogP contribution in [0.15, 0.2) is 60.9 Å². The van der Waals surface area contributed by atoms with Crippen molar-refractivity contribution in [1.29, 1.82) is 0 Å². The molecule has 0 unspecified atom stereocenters. The molecule has 6 rings (SSSR count). The minimum Gasteiger partial charge on any atom is -0.370 e. The Morgan fingerprint density at radius 3 is 2.67 bits per heavy atom. The van der Waals surface area contributed by atoms with Crippen LogP contribution in [0, 0.1) is 0 Å². The van der Waals surface area contributed by atoms with Gasteiger partial charge in [-0.1, -0.05) is 0 Å². The number of nitrogens with zero attached hydrogens (tertiary/aromatic N) is 4. The summed E-state index contributed by atoms with van der Waals surface area (Å²) in [5.41, 5.74) is 2.43. The summed E-state index contributed by atoms with van der Waals surface area (Å²) in [6.45, 7) is 0.528. The number of hydrogen-bond donors (Lipinski definition) is 2. The Morgan fingerprint density at radius 2 is 1.94 bits per heavy atom. The number of ether oxygens (including phenoxy) is 1. The summed E-state index contributed by atoms with van der Waals surface area (Å²) in [5.74, 6) is -0.240. The molecule has 184 valence electrons. The minimum absolute atomic E-state index is 0.205. The smallest absolute Gasteiger partial charge is 0.370 e. The molecular weight excluding hydrogens is 473 g/mol. The van der Waals surface area contributed by atoms with Crippen LogP contribution in [0.3, 0.4) is 0 Å². The fraction of sp³-hybridized carbons (Fsp3) is 0.240. The highest BCUT2D eigenvalue weighted by Crippen LogP contribution is 2.34. The van der Waals surface area contributed by atoms with E-state index in [-0.39, 0.29) is 18.1 Å². The van der Waals surface area contributed by atoms with Gasteiger partial charge in [-0.15, -0.1) is 0 Å². The van der Waals surface area contributed by atoms with Crippen LogP contribution in [0.2, 0.25) is 0 Å². The number of aromatic amines is 1. The molecule has 0 aliphatic carbocycles. The molecule has 1 amide bonds. The fourth-order valence-corrected chi connectivity index (χ4v) is 4.82. The van der Waals surface area contributed by atoms with Crippen LogP contribution in [0.1, 0.15) is 34.1 Å². The first-order valence-corrected chi connectivity index (χ1v) is 11.4. The molecule has 2 atom stereocenters. The molecule has 1 aliphatic rings. The molecule has 11 heteroatoms. The molecule has 1 fully saturated rings. The molecule has 2 N–H and O–H groups in total. The van der Waals surface area contributed by atoms with Crippen molar-refractivity contribution in [3.8, 4) is 5.69 Å². The molecular formula is C25H21F3N6O2. The van der Waals surface area contributed by atoms with E-state index in [1.165, 1.54) is 12.1 Å². The molecule has 0 radical (unpaired) electrons. The number of aryl methyl sites for hydroxylation is 1. The van der Waals surface area contributed by atoms with E-state index in [2.05, 4.69) is 20.6 Å². The zero-order valence-electron chi connectivity index (χ0n) is 19.1. The Kier molecular flexibility index (Phi) is 5.11. The number of aromatic nitrogens is 5. The van der Waals surface area contributed by atoms with Crippen LogP contribution >= 0.6 is 0 Å². The lowest BCUT2D eigenvalue weighted by molar-refractivity contribution is -0.137.